The van der Waals surface area contributed by atoms with Gasteiger partial charge >= 0.3 is 0 Å². The summed E-state index contributed by atoms with van der Waals surface area (Å²) in [5.41, 5.74) is 7.97. The SMILES string of the molecule is Cc1ccc([C@@H]([NH2+]CC(=O)Nc2c(C)cc(C)cc2C)c2ccccc2)cc1. The summed E-state index contributed by atoms with van der Waals surface area (Å²) < 4.78 is 0. The Bertz CT molecular complexity index is 923. The summed E-state index contributed by atoms with van der Waals surface area (Å²) in [5.74, 6) is 0.0168. The van der Waals surface area contributed by atoms with E-state index < -0.39 is 0 Å². The highest BCUT2D eigenvalue weighted by atomic mass is 16.1. The van der Waals surface area contributed by atoms with Crippen molar-refractivity contribution < 1.29 is 10.1 Å². The number of carbonyl (C=O) groups excluding carboxylic acids is 1. The molecule has 0 aliphatic rings. The molecule has 0 aliphatic carbocycles. The maximum absolute atomic E-state index is 12.7. The first-order valence-electron chi connectivity index (χ1n) is 9.76. The van der Waals surface area contributed by atoms with Gasteiger partial charge in [0, 0.05) is 16.8 Å². The van der Waals surface area contributed by atoms with Gasteiger partial charge in [-0.25, -0.2) is 0 Å². The molecule has 144 valence electrons. The molecular formula is C25H29N2O+. The zero-order valence-corrected chi connectivity index (χ0v) is 17.1. The number of rotatable bonds is 6. The highest BCUT2D eigenvalue weighted by Gasteiger charge is 2.19. The van der Waals surface area contributed by atoms with Crippen LogP contribution in [0.25, 0.3) is 0 Å². The summed E-state index contributed by atoms with van der Waals surface area (Å²) in [7, 11) is 0. The van der Waals surface area contributed by atoms with Crippen LogP contribution in [-0.4, -0.2) is 12.5 Å². The Morgan fingerprint density at radius 1 is 0.821 bits per heavy atom. The van der Waals surface area contributed by atoms with Crippen LogP contribution in [0, 0.1) is 27.7 Å². The van der Waals surface area contributed by atoms with E-state index in [2.05, 4.69) is 73.0 Å². The molecule has 0 fully saturated rings. The van der Waals surface area contributed by atoms with Crippen molar-refractivity contribution in [1.82, 2.24) is 0 Å². The first-order valence-corrected chi connectivity index (χ1v) is 9.76. The van der Waals surface area contributed by atoms with Crippen molar-refractivity contribution in [2.24, 2.45) is 0 Å². The molecule has 3 aromatic rings. The molecule has 0 heterocycles. The van der Waals surface area contributed by atoms with Crippen LogP contribution in [0.1, 0.15) is 39.4 Å². The van der Waals surface area contributed by atoms with Gasteiger partial charge in [-0.2, -0.15) is 0 Å². The van der Waals surface area contributed by atoms with E-state index in [0.717, 1.165) is 16.8 Å². The quantitative estimate of drug-likeness (QED) is 0.668. The van der Waals surface area contributed by atoms with E-state index in [1.807, 2.05) is 32.0 Å². The maximum Gasteiger partial charge on any atom is 0.279 e. The monoisotopic (exact) mass is 373 g/mol. The highest BCUT2D eigenvalue weighted by molar-refractivity contribution is 5.93. The minimum atomic E-state index is 0.0168. The van der Waals surface area contributed by atoms with Gasteiger partial charge in [-0.3, -0.25) is 4.79 Å². The van der Waals surface area contributed by atoms with Crippen molar-refractivity contribution in [1.29, 1.82) is 0 Å². The highest BCUT2D eigenvalue weighted by Crippen LogP contribution is 2.22. The van der Waals surface area contributed by atoms with E-state index in [1.54, 1.807) is 0 Å². The molecule has 28 heavy (non-hydrogen) atoms. The third kappa shape index (κ3) is 4.87. The lowest BCUT2D eigenvalue weighted by atomic mass is 9.98. The minimum Gasteiger partial charge on any atom is -0.328 e. The van der Waals surface area contributed by atoms with Crippen LogP contribution in [0.5, 0.6) is 0 Å². The molecule has 0 saturated carbocycles. The molecule has 0 saturated heterocycles. The zero-order valence-electron chi connectivity index (χ0n) is 17.1. The minimum absolute atomic E-state index is 0.0168. The number of carbonyl (C=O) groups is 1. The third-order valence-corrected chi connectivity index (χ3v) is 5.08. The van der Waals surface area contributed by atoms with Crippen molar-refractivity contribution in [3.63, 3.8) is 0 Å². The van der Waals surface area contributed by atoms with Gasteiger partial charge in [0.05, 0.1) is 0 Å². The molecule has 0 spiro atoms. The predicted octanol–water partition coefficient (Wildman–Crippen LogP) is 4.21. The van der Waals surface area contributed by atoms with Gasteiger partial charge in [0.1, 0.15) is 6.04 Å². The Morgan fingerprint density at radius 2 is 1.39 bits per heavy atom. The molecule has 0 aromatic heterocycles. The van der Waals surface area contributed by atoms with Gasteiger partial charge < -0.3 is 10.6 Å². The Hall–Kier alpha value is -2.91. The van der Waals surface area contributed by atoms with Gasteiger partial charge in [0.25, 0.3) is 5.91 Å². The molecule has 0 unspecified atom stereocenters. The molecule has 0 aliphatic heterocycles. The lowest BCUT2D eigenvalue weighted by molar-refractivity contribution is -0.676. The number of aryl methyl sites for hydroxylation is 4. The number of amides is 1. The second-order valence-electron chi connectivity index (χ2n) is 7.56. The van der Waals surface area contributed by atoms with Crippen LogP contribution in [0.4, 0.5) is 5.69 Å². The normalized spacial score (nSPS) is 11.9. The van der Waals surface area contributed by atoms with E-state index in [-0.39, 0.29) is 11.9 Å². The van der Waals surface area contributed by atoms with E-state index in [1.165, 1.54) is 22.3 Å². The largest absolute Gasteiger partial charge is 0.328 e. The third-order valence-electron chi connectivity index (χ3n) is 5.08. The van der Waals surface area contributed by atoms with Crippen molar-refractivity contribution in [3.8, 4) is 0 Å². The Kier molecular flexibility index (Phi) is 6.27. The molecule has 3 aromatic carbocycles. The summed E-state index contributed by atoms with van der Waals surface area (Å²) in [6.07, 6.45) is 0. The van der Waals surface area contributed by atoms with Crippen molar-refractivity contribution >= 4 is 11.6 Å². The van der Waals surface area contributed by atoms with Crippen molar-refractivity contribution in [2.75, 3.05) is 11.9 Å². The van der Waals surface area contributed by atoms with Gasteiger partial charge in [0.15, 0.2) is 6.54 Å². The van der Waals surface area contributed by atoms with Gasteiger partial charge in [-0.05, 0) is 38.8 Å². The zero-order chi connectivity index (χ0) is 20.1. The Morgan fingerprint density at radius 3 is 2.00 bits per heavy atom. The topological polar surface area (TPSA) is 45.7 Å². The molecule has 0 radical (unpaired) electrons. The average Bonchev–Trinajstić information content (AvgIpc) is 2.67. The molecule has 1 amide bonds. The molecular weight excluding hydrogens is 344 g/mol. The van der Waals surface area contributed by atoms with Crippen molar-refractivity contribution in [2.45, 2.75) is 33.7 Å². The molecule has 0 bridgehead atoms. The number of anilines is 1. The summed E-state index contributed by atoms with van der Waals surface area (Å²) in [6, 6.07) is 23.2. The number of quaternary nitrogens is 1. The number of hydrogen-bond acceptors (Lipinski definition) is 1. The second kappa shape index (κ2) is 8.85. The predicted molar refractivity (Wildman–Crippen MR) is 116 cm³/mol. The number of nitrogens with two attached hydrogens (primary N) is 1. The van der Waals surface area contributed by atoms with E-state index in [0.29, 0.717) is 6.54 Å². The summed E-state index contributed by atoms with van der Waals surface area (Å²) in [5, 5.41) is 5.21. The Labute approximate surface area is 167 Å². The second-order valence-corrected chi connectivity index (χ2v) is 7.56. The lowest BCUT2D eigenvalue weighted by Crippen LogP contribution is -2.87. The average molecular weight is 374 g/mol. The standard InChI is InChI=1S/C25H28N2O/c1-17-10-12-22(13-11-17)25(21-8-6-5-7-9-21)26-16-23(28)27-24-19(3)14-18(2)15-20(24)4/h5-15,25-26H,16H2,1-4H3,(H,27,28)/p+1/t25-/m0/s1. The van der Waals surface area contributed by atoms with E-state index >= 15 is 0 Å². The van der Waals surface area contributed by atoms with Crippen LogP contribution < -0.4 is 10.6 Å². The number of benzene rings is 3. The van der Waals surface area contributed by atoms with E-state index in [4.69, 9.17) is 0 Å². The smallest absolute Gasteiger partial charge is 0.279 e. The number of nitrogens with one attached hydrogen (secondary N) is 1. The van der Waals surface area contributed by atoms with E-state index in [9.17, 15) is 4.79 Å². The molecule has 3 nitrogen and oxygen atoms in total. The summed E-state index contributed by atoms with van der Waals surface area (Å²) >= 11 is 0. The van der Waals surface area contributed by atoms with Gasteiger partial charge in [0.2, 0.25) is 0 Å². The fourth-order valence-electron chi connectivity index (χ4n) is 3.69. The summed E-state index contributed by atoms with van der Waals surface area (Å²) in [6.45, 7) is 8.60. The molecule has 3 rings (SSSR count). The Balaban J connectivity index is 1.75. The maximum atomic E-state index is 12.7. The molecule has 3 N–H and O–H groups in total. The van der Waals surface area contributed by atoms with Gasteiger partial charge in [-0.15, -0.1) is 0 Å². The van der Waals surface area contributed by atoms with Crippen molar-refractivity contribution in [3.05, 3.63) is 100 Å². The van der Waals surface area contributed by atoms with Crippen LogP contribution >= 0.6 is 0 Å². The first kappa shape index (κ1) is 19.8. The van der Waals surface area contributed by atoms with Crippen LogP contribution in [0.3, 0.4) is 0 Å². The van der Waals surface area contributed by atoms with Crippen LogP contribution in [-0.2, 0) is 4.79 Å². The fourth-order valence-corrected chi connectivity index (χ4v) is 3.69. The van der Waals surface area contributed by atoms with Gasteiger partial charge in [-0.1, -0.05) is 77.9 Å². The van der Waals surface area contributed by atoms with Crippen LogP contribution in [0.2, 0.25) is 0 Å². The summed E-state index contributed by atoms with van der Waals surface area (Å²) in [4.78, 5) is 12.7. The molecule has 3 heteroatoms. The number of hydrogen-bond donors (Lipinski definition) is 2. The molecule has 1 atom stereocenters. The lowest BCUT2D eigenvalue weighted by Gasteiger charge is -2.18. The first-order chi connectivity index (χ1) is 13.4. The van der Waals surface area contributed by atoms with Crippen LogP contribution in [0.15, 0.2) is 66.7 Å². The fraction of sp³-hybridized carbons (Fsp3) is 0.240.